The number of benzene rings is 1. The maximum atomic E-state index is 13.0. The molecule has 1 aliphatic heterocycles. The van der Waals surface area contributed by atoms with Crippen molar-refractivity contribution in [3.63, 3.8) is 0 Å². The third kappa shape index (κ3) is 2.74. The van der Waals surface area contributed by atoms with Crippen LogP contribution in [0.1, 0.15) is 12.8 Å². The molecule has 100 valence electrons. The van der Waals surface area contributed by atoms with E-state index in [-0.39, 0.29) is 15.9 Å². The fourth-order valence-electron chi connectivity index (χ4n) is 1.96. The lowest BCUT2D eigenvalue weighted by Crippen LogP contribution is -2.42. The molecule has 1 aromatic carbocycles. The first kappa shape index (κ1) is 13.9. The Morgan fingerprint density at radius 3 is 2.78 bits per heavy atom. The molecule has 1 unspecified atom stereocenters. The molecule has 0 bridgehead atoms. The lowest BCUT2D eigenvalue weighted by atomic mass is 10.1. The van der Waals surface area contributed by atoms with Gasteiger partial charge in [-0.05, 0) is 47.0 Å². The Morgan fingerprint density at radius 2 is 2.17 bits per heavy atom. The Kier molecular flexibility index (Phi) is 4.05. The van der Waals surface area contributed by atoms with Crippen LogP contribution in [0.5, 0.6) is 0 Å². The minimum Gasteiger partial charge on any atom is -0.392 e. The van der Waals surface area contributed by atoms with Crippen LogP contribution in [-0.2, 0) is 10.0 Å². The van der Waals surface area contributed by atoms with Crippen molar-refractivity contribution in [2.24, 2.45) is 0 Å². The predicted octanol–water partition coefficient (Wildman–Crippen LogP) is 1.73. The number of sulfonamides is 1. The van der Waals surface area contributed by atoms with Crippen LogP contribution in [0.3, 0.4) is 0 Å². The summed E-state index contributed by atoms with van der Waals surface area (Å²) < 4.78 is 39.0. The number of aliphatic hydroxyl groups is 1. The van der Waals surface area contributed by atoms with E-state index in [0.29, 0.717) is 19.4 Å². The zero-order valence-corrected chi connectivity index (χ0v) is 11.9. The number of β-amino-alcohol motifs (C(OH)–C–C–N with tert-alkyl or cyclic N) is 1. The summed E-state index contributed by atoms with van der Waals surface area (Å²) in [4.78, 5) is 0.0259. The van der Waals surface area contributed by atoms with Gasteiger partial charge in [0.2, 0.25) is 10.0 Å². The topological polar surface area (TPSA) is 57.6 Å². The number of halogens is 2. The highest BCUT2D eigenvalue weighted by molar-refractivity contribution is 9.10. The fourth-order valence-corrected chi connectivity index (χ4v) is 4.49. The average molecular weight is 338 g/mol. The van der Waals surface area contributed by atoms with Crippen LogP contribution >= 0.6 is 15.9 Å². The Balaban J connectivity index is 2.35. The Labute approximate surface area is 114 Å². The summed E-state index contributed by atoms with van der Waals surface area (Å²) in [5.41, 5.74) is 0. The van der Waals surface area contributed by atoms with E-state index >= 15 is 0 Å². The number of nitrogens with zero attached hydrogens (tertiary/aromatic N) is 1. The minimum atomic E-state index is -3.68. The van der Waals surface area contributed by atoms with Gasteiger partial charge in [-0.15, -0.1) is 0 Å². The monoisotopic (exact) mass is 337 g/mol. The van der Waals surface area contributed by atoms with Crippen molar-refractivity contribution in [1.82, 2.24) is 4.31 Å². The number of aliphatic hydroxyl groups excluding tert-OH is 1. The molecule has 2 rings (SSSR count). The van der Waals surface area contributed by atoms with Gasteiger partial charge in [-0.25, -0.2) is 12.8 Å². The van der Waals surface area contributed by atoms with E-state index in [1.165, 1.54) is 10.4 Å². The minimum absolute atomic E-state index is 0.0259. The van der Waals surface area contributed by atoms with Gasteiger partial charge in [-0.1, -0.05) is 0 Å². The maximum absolute atomic E-state index is 13.0. The normalized spacial score (nSPS) is 22.1. The summed E-state index contributed by atoms with van der Waals surface area (Å²) in [6.45, 7) is 0.468. The molecule has 1 aliphatic rings. The molecule has 0 spiro atoms. The summed E-state index contributed by atoms with van der Waals surface area (Å²) in [6, 6.07) is 3.46. The molecule has 0 aromatic heterocycles. The van der Waals surface area contributed by atoms with Gasteiger partial charge in [-0.3, -0.25) is 0 Å². The molecule has 0 amide bonds. The van der Waals surface area contributed by atoms with E-state index in [1.807, 2.05) is 0 Å². The van der Waals surface area contributed by atoms with E-state index in [2.05, 4.69) is 15.9 Å². The first-order valence-corrected chi connectivity index (χ1v) is 7.78. The van der Waals surface area contributed by atoms with Crippen LogP contribution in [0.15, 0.2) is 27.6 Å². The van der Waals surface area contributed by atoms with Crippen LogP contribution in [0.25, 0.3) is 0 Å². The zero-order valence-electron chi connectivity index (χ0n) is 9.51. The Morgan fingerprint density at radius 1 is 1.44 bits per heavy atom. The molecule has 7 heteroatoms. The van der Waals surface area contributed by atoms with Gasteiger partial charge < -0.3 is 5.11 Å². The van der Waals surface area contributed by atoms with Crippen molar-refractivity contribution >= 4 is 26.0 Å². The molecule has 1 aromatic rings. The van der Waals surface area contributed by atoms with Gasteiger partial charge >= 0.3 is 0 Å². The number of piperidine rings is 1. The van der Waals surface area contributed by atoms with Crippen LogP contribution in [-0.4, -0.2) is 37.0 Å². The first-order valence-electron chi connectivity index (χ1n) is 5.54. The van der Waals surface area contributed by atoms with Gasteiger partial charge in [-0.2, -0.15) is 4.31 Å². The Hall–Kier alpha value is -0.500. The van der Waals surface area contributed by atoms with Crippen molar-refractivity contribution in [2.45, 2.75) is 23.8 Å². The largest absolute Gasteiger partial charge is 0.392 e. The summed E-state index contributed by atoms with van der Waals surface area (Å²) in [5, 5.41) is 9.53. The molecule has 18 heavy (non-hydrogen) atoms. The number of hydrogen-bond donors (Lipinski definition) is 1. The van der Waals surface area contributed by atoms with Crippen LogP contribution in [0.2, 0.25) is 0 Å². The van der Waals surface area contributed by atoms with E-state index in [0.717, 1.165) is 12.1 Å². The SMILES string of the molecule is O=S(=O)(c1ccc(F)cc1Br)N1CCCC(O)C1. The Bertz CT molecular complexity index is 549. The van der Waals surface area contributed by atoms with Crippen molar-refractivity contribution in [3.8, 4) is 0 Å². The molecule has 0 saturated carbocycles. The van der Waals surface area contributed by atoms with Crippen LogP contribution in [0, 0.1) is 5.82 Å². The number of hydrogen-bond acceptors (Lipinski definition) is 3. The van der Waals surface area contributed by atoms with Gasteiger partial charge in [0.25, 0.3) is 0 Å². The second kappa shape index (κ2) is 5.24. The van der Waals surface area contributed by atoms with Crippen LogP contribution < -0.4 is 0 Å². The van der Waals surface area contributed by atoms with Gasteiger partial charge in [0, 0.05) is 17.6 Å². The second-order valence-electron chi connectivity index (χ2n) is 4.23. The standard InChI is InChI=1S/C11H13BrFNO3S/c12-10-6-8(13)3-4-11(10)18(16,17)14-5-1-2-9(15)7-14/h3-4,6,9,15H,1-2,5,7H2. The molecule has 1 fully saturated rings. The smallest absolute Gasteiger partial charge is 0.244 e. The van der Waals surface area contributed by atoms with Crippen LogP contribution in [0.4, 0.5) is 4.39 Å². The molecular formula is C11H13BrFNO3S. The molecule has 0 radical (unpaired) electrons. The second-order valence-corrected chi connectivity index (χ2v) is 6.99. The molecule has 1 heterocycles. The maximum Gasteiger partial charge on any atom is 0.244 e. The third-order valence-corrected chi connectivity index (χ3v) is 5.71. The average Bonchev–Trinajstić information content (AvgIpc) is 2.28. The zero-order chi connectivity index (χ0) is 13.3. The lowest BCUT2D eigenvalue weighted by molar-refractivity contribution is 0.108. The highest BCUT2D eigenvalue weighted by Crippen LogP contribution is 2.27. The summed E-state index contributed by atoms with van der Waals surface area (Å²) >= 11 is 3.06. The fraction of sp³-hybridized carbons (Fsp3) is 0.455. The van der Waals surface area contributed by atoms with Crippen molar-refractivity contribution in [1.29, 1.82) is 0 Å². The molecule has 0 aliphatic carbocycles. The highest BCUT2D eigenvalue weighted by atomic mass is 79.9. The van der Waals surface area contributed by atoms with E-state index in [1.54, 1.807) is 0 Å². The molecule has 1 atom stereocenters. The van der Waals surface area contributed by atoms with Crippen molar-refractivity contribution in [2.75, 3.05) is 13.1 Å². The molecule has 1 N–H and O–H groups in total. The van der Waals surface area contributed by atoms with Gasteiger partial charge in [0.05, 0.1) is 11.0 Å². The molecule has 4 nitrogen and oxygen atoms in total. The lowest BCUT2D eigenvalue weighted by Gasteiger charge is -2.29. The predicted molar refractivity (Wildman–Crippen MR) is 68.1 cm³/mol. The van der Waals surface area contributed by atoms with E-state index < -0.39 is 21.9 Å². The quantitative estimate of drug-likeness (QED) is 0.894. The van der Waals surface area contributed by atoms with E-state index in [9.17, 15) is 17.9 Å². The van der Waals surface area contributed by atoms with E-state index in [4.69, 9.17) is 0 Å². The first-order chi connectivity index (χ1) is 8.41. The van der Waals surface area contributed by atoms with Gasteiger partial charge in [0.15, 0.2) is 0 Å². The molecular weight excluding hydrogens is 325 g/mol. The number of rotatable bonds is 2. The summed E-state index contributed by atoms with van der Waals surface area (Å²) in [6.07, 6.45) is 0.600. The van der Waals surface area contributed by atoms with Crippen molar-refractivity contribution in [3.05, 3.63) is 28.5 Å². The highest BCUT2D eigenvalue weighted by Gasteiger charge is 2.30. The third-order valence-electron chi connectivity index (χ3n) is 2.87. The van der Waals surface area contributed by atoms with Gasteiger partial charge in [0.1, 0.15) is 5.82 Å². The molecule has 1 saturated heterocycles. The summed E-state index contributed by atoms with van der Waals surface area (Å²) in [5.74, 6) is -0.500. The van der Waals surface area contributed by atoms with Crippen molar-refractivity contribution < 1.29 is 17.9 Å². The summed E-state index contributed by atoms with van der Waals surface area (Å²) in [7, 11) is -3.68.